The van der Waals surface area contributed by atoms with Crippen molar-refractivity contribution >= 4 is 23.2 Å². The zero-order chi connectivity index (χ0) is 17.1. The molecule has 1 aromatic carbocycles. The van der Waals surface area contributed by atoms with Gasteiger partial charge in [-0.2, -0.15) is 0 Å². The summed E-state index contributed by atoms with van der Waals surface area (Å²) in [6.07, 6.45) is 3.80. The van der Waals surface area contributed by atoms with E-state index in [2.05, 4.69) is 17.1 Å². The monoisotopic (exact) mass is 329 g/mol. The van der Waals surface area contributed by atoms with Crippen LogP contribution in [0.1, 0.15) is 32.6 Å². The van der Waals surface area contributed by atoms with Crippen LogP contribution in [0.5, 0.6) is 0 Å². The molecule has 1 atom stereocenters. The number of likely N-dealkylation sites (tertiary alicyclic amines) is 1. The minimum absolute atomic E-state index is 0.0280. The predicted molar refractivity (Wildman–Crippen MR) is 96.0 cm³/mol. The van der Waals surface area contributed by atoms with Gasteiger partial charge >= 0.3 is 0 Å². The summed E-state index contributed by atoms with van der Waals surface area (Å²) in [5.41, 5.74) is 1.87. The van der Waals surface area contributed by atoms with Crippen LogP contribution in [-0.2, 0) is 9.59 Å². The van der Waals surface area contributed by atoms with Gasteiger partial charge in [0.2, 0.25) is 11.8 Å². The molecule has 1 heterocycles. The number of hydrogen-bond donors (Lipinski definition) is 1. The van der Waals surface area contributed by atoms with Crippen LogP contribution in [0.25, 0.3) is 0 Å². The maximum atomic E-state index is 12.7. The van der Waals surface area contributed by atoms with Gasteiger partial charge < -0.3 is 15.1 Å². The highest BCUT2D eigenvalue weighted by Crippen LogP contribution is 2.33. The number of anilines is 2. The van der Waals surface area contributed by atoms with Gasteiger partial charge in [0.25, 0.3) is 0 Å². The third-order valence-corrected chi connectivity index (χ3v) is 5.08. The molecule has 1 saturated carbocycles. The number of hydrogen-bond acceptors (Lipinski definition) is 3. The molecule has 1 aromatic rings. The first-order chi connectivity index (χ1) is 11.6. The standard InChI is InChI=1S/C19H27N3O2/c1-3-21(2)17-9-5-4-8-16(17)20-18(23)15-7-6-12-22(13-15)19(24)14-10-11-14/h4-5,8-9,14-15H,3,6-7,10-13H2,1-2H3,(H,20,23)/t15-/m0/s1. The lowest BCUT2D eigenvalue weighted by molar-refractivity contribution is -0.135. The van der Waals surface area contributed by atoms with E-state index >= 15 is 0 Å². The number of nitrogens with zero attached hydrogens (tertiary/aromatic N) is 2. The zero-order valence-electron chi connectivity index (χ0n) is 14.6. The van der Waals surface area contributed by atoms with Gasteiger partial charge in [-0.3, -0.25) is 9.59 Å². The lowest BCUT2D eigenvalue weighted by Crippen LogP contribution is -2.44. The smallest absolute Gasteiger partial charge is 0.229 e. The topological polar surface area (TPSA) is 52.7 Å². The Hall–Kier alpha value is -2.04. The molecule has 130 valence electrons. The van der Waals surface area contributed by atoms with Gasteiger partial charge in [-0.15, -0.1) is 0 Å². The molecular formula is C19H27N3O2. The van der Waals surface area contributed by atoms with E-state index < -0.39 is 0 Å². The van der Waals surface area contributed by atoms with Crippen LogP contribution in [0.15, 0.2) is 24.3 Å². The quantitative estimate of drug-likeness (QED) is 0.904. The second-order valence-corrected chi connectivity index (χ2v) is 6.92. The van der Waals surface area contributed by atoms with Crippen molar-refractivity contribution in [2.75, 3.05) is 36.9 Å². The maximum Gasteiger partial charge on any atom is 0.229 e. The van der Waals surface area contributed by atoms with Crippen molar-refractivity contribution in [3.63, 3.8) is 0 Å². The van der Waals surface area contributed by atoms with E-state index in [9.17, 15) is 9.59 Å². The highest BCUT2D eigenvalue weighted by molar-refractivity contribution is 5.96. The van der Waals surface area contributed by atoms with E-state index in [0.717, 1.165) is 50.1 Å². The van der Waals surface area contributed by atoms with Crippen molar-refractivity contribution in [3.8, 4) is 0 Å². The van der Waals surface area contributed by atoms with Crippen LogP contribution in [0.3, 0.4) is 0 Å². The van der Waals surface area contributed by atoms with Crippen molar-refractivity contribution in [3.05, 3.63) is 24.3 Å². The van der Waals surface area contributed by atoms with Crippen LogP contribution < -0.4 is 10.2 Å². The highest BCUT2D eigenvalue weighted by atomic mass is 16.2. The molecular weight excluding hydrogens is 302 g/mol. The fraction of sp³-hybridized carbons (Fsp3) is 0.579. The number of benzene rings is 1. The van der Waals surface area contributed by atoms with Crippen molar-refractivity contribution in [2.24, 2.45) is 11.8 Å². The molecule has 5 nitrogen and oxygen atoms in total. The molecule has 0 aromatic heterocycles. The fourth-order valence-electron chi connectivity index (χ4n) is 3.30. The average Bonchev–Trinajstić information content (AvgIpc) is 3.46. The molecule has 1 aliphatic heterocycles. The SMILES string of the molecule is CCN(C)c1ccccc1NC(=O)[C@H]1CCCN(C(=O)C2CC2)C1. The summed E-state index contributed by atoms with van der Waals surface area (Å²) in [4.78, 5) is 29.0. The highest BCUT2D eigenvalue weighted by Gasteiger charge is 2.36. The van der Waals surface area contributed by atoms with E-state index in [1.807, 2.05) is 36.2 Å². The Kier molecular flexibility index (Phi) is 5.07. The third kappa shape index (κ3) is 3.71. The van der Waals surface area contributed by atoms with E-state index in [-0.39, 0.29) is 23.7 Å². The number of rotatable bonds is 5. The van der Waals surface area contributed by atoms with Crippen LogP contribution in [0, 0.1) is 11.8 Å². The van der Waals surface area contributed by atoms with Crippen LogP contribution in [0.4, 0.5) is 11.4 Å². The first-order valence-electron chi connectivity index (χ1n) is 9.00. The van der Waals surface area contributed by atoms with Crippen molar-refractivity contribution in [2.45, 2.75) is 32.6 Å². The van der Waals surface area contributed by atoms with Gasteiger partial charge in [0, 0.05) is 32.6 Å². The van der Waals surface area contributed by atoms with E-state index in [1.165, 1.54) is 0 Å². The van der Waals surface area contributed by atoms with Gasteiger partial charge in [0.1, 0.15) is 0 Å². The maximum absolute atomic E-state index is 12.7. The molecule has 5 heteroatoms. The van der Waals surface area contributed by atoms with Crippen LogP contribution in [-0.4, -0.2) is 43.4 Å². The Morgan fingerprint density at radius 2 is 1.96 bits per heavy atom. The molecule has 0 radical (unpaired) electrons. The molecule has 1 saturated heterocycles. The summed E-state index contributed by atoms with van der Waals surface area (Å²) < 4.78 is 0. The Morgan fingerprint density at radius 1 is 1.21 bits per heavy atom. The van der Waals surface area contributed by atoms with Gasteiger partial charge in [-0.05, 0) is 44.7 Å². The average molecular weight is 329 g/mol. The van der Waals surface area contributed by atoms with Crippen LogP contribution in [0.2, 0.25) is 0 Å². The minimum Gasteiger partial charge on any atom is -0.373 e. The summed E-state index contributed by atoms with van der Waals surface area (Å²) in [5, 5.41) is 3.08. The third-order valence-electron chi connectivity index (χ3n) is 5.08. The van der Waals surface area contributed by atoms with E-state index in [1.54, 1.807) is 0 Å². The second kappa shape index (κ2) is 7.24. The number of amides is 2. The second-order valence-electron chi connectivity index (χ2n) is 6.92. The lowest BCUT2D eigenvalue weighted by atomic mass is 9.96. The normalized spacial score (nSPS) is 20.6. The molecule has 0 bridgehead atoms. The van der Waals surface area contributed by atoms with Gasteiger partial charge in [0.15, 0.2) is 0 Å². The number of piperidine rings is 1. The Bertz CT molecular complexity index is 612. The molecule has 2 aliphatic rings. The molecule has 24 heavy (non-hydrogen) atoms. The Balaban J connectivity index is 1.65. The largest absolute Gasteiger partial charge is 0.373 e. The Labute approximate surface area is 144 Å². The molecule has 1 aliphatic carbocycles. The van der Waals surface area contributed by atoms with Crippen molar-refractivity contribution in [1.29, 1.82) is 0 Å². The first-order valence-corrected chi connectivity index (χ1v) is 9.00. The predicted octanol–water partition coefficient (Wildman–Crippen LogP) is 2.73. The summed E-state index contributed by atoms with van der Waals surface area (Å²) in [6, 6.07) is 7.87. The Morgan fingerprint density at radius 3 is 2.67 bits per heavy atom. The fourth-order valence-corrected chi connectivity index (χ4v) is 3.30. The minimum atomic E-state index is -0.110. The van der Waals surface area contributed by atoms with Gasteiger partial charge in [-0.1, -0.05) is 12.1 Å². The number of carbonyl (C=O) groups is 2. The van der Waals surface area contributed by atoms with E-state index in [4.69, 9.17) is 0 Å². The molecule has 1 N–H and O–H groups in total. The number of para-hydroxylation sites is 2. The summed E-state index contributed by atoms with van der Waals surface area (Å²) in [6.45, 7) is 4.32. The summed E-state index contributed by atoms with van der Waals surface area (Å²) in [7, 11) is 2.02. The van der Waals surface area contributed by atoms with E-state index in [0.29, 0.717) is 6.54 Å². The molecule has 0 spiro atoms. The summed E-state index contributed by atoms with van der Waals surface area (Å²) >= 11 is 0. The first kappa shape index (κ1) is 16.8. The van der Waals surface area contributed by atoms with Crippen molar-refractivity contribution < 1.29 is 9.59 Å². The van der Waals surface area contributed by atoms with Gasteiger partial charge in [-0.25, -0.2) is 0 Å². The zero-order valence-corrected chi connectivity index (χ0v) is 14.6. The van der Waals surface area contributed by atoms with Crippen molar-refractivity contribution in [1.82, 2.24) is 4.90 Å². The summed E-state index contributed by atoms with van der Waals surface area (Å²) in [5.74, 6) is 0.394. The van der Waals surface area contributed by atoms with Gasteiger partial charge in [0.05, 0.1) is 17.3 Å². The lowest BCUT2D eigenvalue weighted by Gasteiger charge is -2.32. The molecule has 2 amide bonds. The number of nitrogens with one attached hydrogen (secondary N) is 1. The number of carbonyl (C=O) groups excluding carboxylic acids is 2. The molecule has 2 fully saturated rings. The molecule has 3 rings (SSSR count). The van der Waals surface area contributed by atoms with Crippen LogP contribution >= 0.6 is 0 Å². The molecule has 0 unspecified atom stereocenters.